The van der Waals surface area contributed by atoms with E-state index in [2.05, 4.69) is 17.0 Å². The van der Waals surface area contributed by atoms with Crippen LogP contribution in [0.5, 0.6) is 0 Å². The number of hydrogen-bond donors (Lipinski definition) is 1. The maximum atomic E-state index is 11.3. The zero-order valence-electron chi connectivity index (χ0n) is 11.0. The zero-order valence-corrected chi connectivity index (χ0v) is 11.0. The van der Waals surface area contributed by atoms with Crippen LogP contribution in [0.2, 0.25) is 0 Å². The second-order valence-corrected chi connectivity index (χ2v) is 5.10. The van der Waals surface area contributed by atoms with Crippen molar-refractivity contribution in [3.8, 4) is 0 Å². The fourth-order valence-corrected chi connectivity index (χ4v) is 1.85. The summed E-state index contributed by atoms with van der Waals surface area (Å²) in [5.41, 5.74) is 0.214. The SMILES string of the molecule is COC(=O)c1ccc(C(C)NCC2(C)COC2)o1. The van der Waals surface area contributed by atoms with Gasteiger partial charge in [0.05, 0.1) is 26.4 Å². The van der Waals surface area contributed by atoms with Gasteiger partial charge in [-0.15, -0.1) is 0 Å². The smallest absolute Gasteiger partial charge is 0.373 e. The first-order chi connectivity index (χ1) is 8.54. The second kappa shape index (κ2) is 5.12. The molecule has 0 aliphatic carbocycles. The number of furan rings is 1. The van der Waals surface area contributed by atoms with Crippen molar-refractivity contribution >= 4 is 5.97 Å². The van der Waals surface area contributed by atoms with Gasteiger partial charge in [-0.2, -0.15) is 0 Å². The summed E-state index contributed by atoms with van der Waals surface area (Å²) in [6.45, 7) is 6.63. The van der Waals surface area contributed by atoms with E-state index < -0.39 is 5.97 Å². The predicted octanol–water partition coefficient (Wildman–Crippen LogP) is 1.75. The third-order valence-corrected chi connectivity index (χ3v) is 3.18. The van der Waals surface area contributed by atoms with Crippen LogP contribution in [0.25, 0.3) is 0 Å². The van der Waals surface area contributed by atoms with Crippen LogP contribution in [0.15, 0.2) is 16.5 Å². The average molecular weight is 253 g/mol. The summed E-state index contributed by atoms with van der Waals surface area (Å²) in [4.78, 5) is 11.3. The summed E-state index contributed by atoms with van der Waals surface area (Å²) in [5.74, 6) is 0.520. The molecule has 1 fully saturated rings. The molecule has 1 aromatic heterocycles. The molecule has 0 aromatic carbocycles. The quantitative estimate of drug-likeness (QED) is 0.810. The van der Waals surface area contributed by atoms with Crippen LogP contribution in [0.4, 0.5) is 0 Å². The Morgan fingerprint density at radius 1 is 1.56 bits per heavy atom. The minimum absolute atomic E-state index is 0.0563. The largest absolute Gasteiger partial charge is 0.463 e. The summed E-state index contributed by atoms with van der Waals surface area (Å²) >= 11 is 0. The van der Waals surface area contributed by atoms with Gasteiger partial charge in [0.25, 0.3) is 0 Å². The Hall–Kier alpha value is -1.33. The topological polar surface area (TPSA) is 60.7 Å². The molecule has 0 saturated carbocycles. The number of methoxy groups -OCH3 is 1. The summed E-state index contributed by atoms with van der Waals surface area (Å²) in [7, 11) is 1.34. The first-order valence-electron chi connectivity index (χ1n) is 6.03. The number of carbonyl (C=O) groups excluding carboxylic acids is 1. The molecule has 0 amide bonds. The van der Waals surface area contributed by atoms with Crippen molar-refractivity contribution in [3.63, 3.8) is 0 Å². The molecule has 5 heteroatoms. The lowest BCUT2D eigenvalue weighted by atomic mass is 9.88. The number of ether oxygens (including phenoxy) is 2. The molecule has 0 radical (unpaired) electrons. The first kappa shape index (κ1) is 13.1. The molecule has 1 unspecified atom stereocenters. The van der Waals surface area contributed by atoms with Crippen molar-refractivity contribution < 1.29 is 18.7 Å². The molecular formula is C13H19NO4. The van der Waals surface area contributed by atoms with Crippen molar-refractivity contribution in [2.45, 2.75) is 19.9 Å². The van der Waals surface area contributed by atoms with E-state index in [1.807, 2.05) is 6.92 Å². The average Bonchev–Trinajstić information content (AvgIpc) is 2.82. The highest BCUT2D eigenvalue weighted by Crippen LogP contribution is 2.26. The van der Waals surface area contributed by atoms with Gasteiger partial charge in [-0.25, -0.2) is 4.79 Å². The number of carbonyl (C=O) groups is 1. The number of esters is 1. The molecule has 0 bridgehead atoms. The van der Waals surface area contributed by atoms with E-state index in [1.165, 1.54) is 7.11 Å². The van der Waals surface area contributed by atoms with Crippen LogP contribution in [0, 0.1) is 5.41 Å². The molecule has 18 heavy (non-hydrogen) atoms. The number of nitrogens with one attached hydrogen (secondary N) is 1. The van der Waals surface area contributed by atoms with Gasteiger partial charge in [-0.3, -0.25) is 0 Å². The minimum atomic E-state index is -0.451. The van der Waals surface area contributed by atoms with E-state index in [0.29, 0.717) is 0 Å². The Bertz CT molecular complexity index is 422. The minimum Gasteiger partial charge on any atom is -0.463 e. The monoisotopic (exact) mass is 253 g/mol. The molecule has 100 valence electrons. The van der Waals surface area contributed by atoms with Crippen molar-refractivity contribution in [2.75, 3.05) is 26.9 Å². The highest BCUT2D eigenvalue weighted by Gasteiger charge is 2.33. The third-order valence-electron chi connectivity index (χ3n) is 3.18. The molecule has 1 N–H and O–H groups in total. The summed E-state index contributed by atoms with van der Waals surface area (Å²) in [6, 6.07) is 3.48. The summed E-state index contributed by atoms with van der Waals surface area (Å²) < 4.78 is 15.2. The van der Waals surface area contributed by atoms with Gasteiger partial charge in [-0.1, -0.05) is 6.92 Å². The first-order valence-corrected chi connectivity index (χ1v) is 6.03. The molecule has 1 saturated heterocycles. The van der Waals surface area contributed by atoms with E-state index in [-0.39, 0.29) is 17.2 Å². The zero-order chi connectivity index (χ0) is 13.2. The van der Waals surface area contributed by atoms with Crippen LogP contribution in [-0.4, -0.2) is 32.8 Å². The maximum absolute atomic E-state index is 11.3. The Morgan fingerprint density at radius 3 is 2.83 bits per heavy atom. The fraction of sp³-hybridized carbons (Fsp3) is 0.615. The highest BCUT2D eigenvalue weighted by molar-refractivity contribution is 5.86. The van der Waals surface area contributed by atoms with Crippen LogP contribution in [0.1, 0.15) is 36.2 Å². The molecule has 2 rings (SSSR count). The lowest BCUT2D eigenvalue weighted by Crippen LogP contribution is -2.47. The van der Waals surface area contributed by atoms with Gasteiger partial charge >= 0.3 is 5.97 Å². The second-order valence-electron chi connectivity index (χ2n) is 5.10. The Balaban J connectivity index is 1.90. The van der Waals surface area contributed by atoms with Gasteiger partial charge in [0.1, 0.15) is 5.76 Å². The maximum Gasteiger partial charge on any atom is 0.373 e. The van der Waals surface area contributed by atoms with Crippen molar-refractivity contribution in [3.05, 3.63) is 23.7 Å². The van der Waals surface area contributed by atoms with Crippen molar-refractivity contribution in [1.82, 2.24) is 5.32 Å². The summed E-state index contributed by atoms with van der Waals surface area (Å²) in [5, 5.41) is 3.39. The van der Waals surface area contributed by atoms with Gasteiger partial charge < -0.3 is 19.2 Å². The Kier molecular flexibility index (Phi) is 3.73. The standard InChI is InChI=1S/C13H19NO4/c1-9(14-6-13(2)7-17-8-13)10-4-5-11(18-10)12(15)16-3/h4-5,9,14H,6-8H2,1-3H3. The van der Waals surface area contributed by atoms with Crippen LogP contribution in [-0.2, 0) is 9.47 Å². The molecule has 0 spiro atoms. The summed E-state index contributed by atoms with van der Waals surface area (Å²) in [6.07, 6.45) is 0. The van der Waals surface area contributed by atoms with Gasteiger partial charge in [0.2, 0.25) is 5.76 Å². The van der Waals surface area contributed by atoms with E-state index in [0.717, 1.165) is 25.5 Å². The highest BCUT2D eigenvalue weighted by atomic mass is 16.5. The molecule has 1 aliphatic heterocycles. The normalized spacial score (nSPS) is 19.1. The van der Waals surface area contributed by atoms with E-state index in [4.69, 9.17) is 9.15 Å². The lowest BCUT2D eigenvalue weighted by Gasteiger charge is -2.38. The molecular weight excluding hydrogens is 234 g/mol. The van der Waals surface area contributed by atoms with Gasteiger partial charge in [0, 0.05) is 12.0 Å². The number of hydrogen-bond acceptors (Lipinski definition) is 5. The molecule has 1 aromatic rings. The van der Waals surface area contributed by atoms with Crippen LogP contribution < -0.4 is 5.32 Å². The Morgan fingerprint density at radius 2 is 2.28 bits per heavy atom. The van der Waals surface area contributed by atoms with Gasteiger partial charge in [-0.05, 0) is 19.1 Å². The Labute approximate surface area is 106 Å². The lowest BCUT2D eigenvalue weighted by molar-refractivity contribution is -0.100. The van der Waals surface area contributed by atoms with Crippen LogP contribution >= 0.6 is 0 Å². The van der Waals surface area contributed by atoms with Crippen molar-refractivity contribution in [1.29, 1.82) is 0 Å². The fourth-order valence-electron chi connectivity index (χ4n) is 1.85. The van der Waals surface area contributed by atoms with E-state index >= 15 is 0 Å². The molecule has 5 nitrogen and oxygen atoms in total. The molecule has 1 atom stereocenters. The van der Waals surface area contributed by atoms with Gasteiger partial charge in [0.15, 0.2) is 0 Å². The van der Waals surface area contributed by atoms with E-state index in [1.54, 1.807) is 12.1 Å². The van der Waals surface area contributed by atoms with E-state index in [9.17, 15) is 4.79 Å². The number of rotatable bonds is 5. The predicted molar refractivity (Wildman–Crippen MR) is 65.4 cm³/mol. The molecule has 2 heterocycles. The third kappa shape index (κ3) is 2.73. The van der Waals surface area contributed by atoms with Crippen molar-refractivity contribution in [2.24, 2.45) is 5.41 Å². The van der Waals surface area contributed by atoms with Crippen LogP contribution in [0.3, 0.4) is 0 Å². The molecule has 1 aliphatic rings.